The molecule has 1 heterocycles. The molecule has 0 bridgehead atoms. The zero-order valence-corrected chi connectivity index (χ0v) is 17.0. The molecular weight excluding hydrogens is 389 g/mol. The number of aliphatic hydroxyl groups excluding tert-OH is 1. The van der Waals surface area contributed by atoms with E-state index < -0.39 is 30.1 Å². The average Bonchev–Trinajstić information content (AvgIpc) is 2.74. The van der Waals surface area contributed by atoms with Crippen LogP contribution >= 0.6 is 0 Å². The number of anilines is 1. The van der Waals surface area contributed by atoms with Gasteiger partial charge in [0.2, 0.25) is 5.91 Å². The molecule has 2 aliphatic rings. The number of halogens is 1. The highest BCUT2D eigenvalue weighted by Gasteiger charge is 2.29. The standard InChI is InChI=1S/C22H30FN3O4/c23-16-7-4-8-17(11-16)25-22(29)26-19-10-9-18(30-20(19)14-27)12-21(28)24-13-15-5-2-1-3-6-15/h4,7-11,15,18-20,27H,1-3,5-6,12-14H2,(H,24,28)(H2,25,26,29)/t18-,19+,20+/m1/s1. The average molecular weight is 419 g/mol. The summed E-state index contributed by atoms with van der Waals surface area (Å²) >= 11 is 0. The number of nitrogens with one attached hydrogen (secondary N) is 3. The van der Waals surface area contributed by atoms with Gasteiger partial charge in [-0.15, -0.1) is 0 Å². The third-order valence-electron chi connectivity index (χ3n) is 5.54. The summed E-state index contributed by atoms with van der Waals surface area (Å²) in [6.45, 7) is 0.387. The number of rotatable bonds is 7. The van der Waals surface area contributed by atoms with Crippen LogP contribution < -0.4 is 16.0 Å². The minimum Gasteiger partial charge on any atom is -0.394 e. The van der Waals surface area contributed by atoms with Gasteiger partial charge in [-0.1, -0.05) is 37.5 Å². The van der Waals surface area contributed by atoms with E-state index in [0.717, 1.165) is 12.8 Å². The lowest BCUT2D eigenvalue weighted by Crippen LogP contribution is -2.50. The molecular formula is C22H30FN3O4. The summed E-state index contributed by atoms with van der Waals surface area (Å²) in [5, 5.41) is 17.9. The van der Waals surface area contributed by atoms with Crippen molar-refractivity contribution in [2.24, 2.45) is 5.92 Å². The van der Waals surface area contributed by atoms with E-state index in [1.807, 2.05) is 0 Å². The summed E-state index contributed by atoms with van der Waals surface area (Å²) in [7, 11) is 0. The molecule has 0 unspecified atom stereocenters. The fraction of sp³-hybridized carbons (Fsp3) is 0.545. The normalized spacial score (nSPS) is 24.3. The maximum absolute atomic E-state index is 13.2. The van der Waals surface area contributed by atoms with Crippen molar-refractivity contribution < 1.29 is 23.8 Å². The van der Waals surface area contributed by atoms with Crippen molar-refractivity contribution in [1.29, 1.82) is 0 Å². The van der Waals surface area contributed by atoms with Crippen LogP contribution in [0.2, 0.25) is 0 Å². The van der Waals surface area contributed by atoms with Gasteiger partial charge in [-0.05, 0) is 37.0 Å². The van der Waals surface area contributed by atoms with E-state index >= 15 is 0 Å². The Bertz CT molecular complexity index is 752. The first kappa shape index (κ1) is 22.2. The molecule has 7 nitrogen and oxygen atoms in total. The second-order valence-electron chi connectivity index (χ2n) is 7.93. The van der Waals surface area contributed by atoms with Crippen molar-refractivity contribution in [2.45, 2.75) is 56.8 Å². The summed E-state index contributed by atoms with van der Waals surface area (Å²) in [6, 6.07) is 4.45. The van der Waals surface area contributed by atoms with Crippen LogP contribution in [0.4, 0.5) is 14.9 Å². The van der Waals surface area contributed by atoms with E-state index in [4.69, 9.17) is 4.74 Å². The highest BCUT2D eigenvalue weighted by molar-refractivity contribution is 5.89. The Kier molecular flexibility index (Phi) is 8.21. The van der Waals surface area contributed by atoms with E-state index in [0.29, 0.717) is 18.2 Å². The van der Waals surface area contributed by atoms with Crippen molar-refractivity contribution >= 4 is 17.6 Å². The monoisotopic (exact) mass is 419 g/mol. The summed E-state index contributed by atoms with van der Waals surface area (Å²) in [5.74, 6) is 0.0228. The van der Waals surface area contributed by atoms with Gasteiger partial charge < -0.3 is 25.8 Å². The quantitative estimate of drug-likeness (QED) is 0.511. The lowest BCUT2D eigenvalue weighted by atomic mass is 9.89. The topological polar surface area (TPSA) is 99.7 Å². The lowest BCUT2D eigenvalue weighted by molar-refractivity contribution is -0.125. The number of amides is 3. The predicted octanol–water partition coefficient (Wildman–Crippen LogP) is 2.72. The van der Waals surface area contributed by atoms with Gasteiger partial charge in [0.1, 0.15) is 11.9 Å². The van der Waals surface area contributed by atoms with Crippen molar-refractivity contribution in [3.63, 3.8) is 0 Å². The van der Waals surface area contributed by atoms with Gasteiger partial charge in [0, 0.05) is 12.2 Å². The number of carbonyl (C=O) groups is 2. The molecule has 1 fully saturated rings. The Morgan fingerprint density at radius 1 is 1.17 bits per heavy atom. The number of urea groups is 1. The van der Waals surface area contributed by atoms with Gasteiger partial charge in [-0.3, -0.25) is 4.79 Å². The van der Waals surface area contributed by atoms with Crippen molar-refractivity contribution in [3.05, 3.63) is 42.2 Å². The van der Waals surface area contributed by atoms with Crippen LogP contribution in [-0.4, -0.2) is 48.4 Å². The molecule has 1 aliphatic heterocycles. The molecule has 3 atom stereocenters. The minimum absolute atomic E-state index is 0.0813. The molecule has 3 rings (SSSR count). The summed E-state index contributed by atoms with van der Waals surface area (Å²) in [4.78, 5) is 24.4. The minimum atomic E-state index is -0.676. The van der Waals surface area contributed by atoms with Gasteiger partial charge in [0.05, 0.1) is 25.2 Å². The highest BCUT2D eigenvalue weighted by Crippen LogP contribution is 2.23. The summed E-state index contributed by atoms with van der Waals surface area (Å²) in [5.41, 5.74) is 0.321. The smallest absolute Gasteiger partial charge is 0.319 e. The molecule has 3 amide bonds. The zero-order valence-electron chi connectivity index (χ0n) is 17.0. The second-order valence-corrected chi connectivity index (χ2v) is 7.93. The number of carbonyl (C=O) groups excluding carboxylic acids is 2. The number of benzene rings is 1. The Morgan fingerprint density at radius 3 is 2.70 bits per heavy atom. The second kappa shape index (κ2) is 11.1. The molecule has 0 saturated heterocycles. The van der Waals surface area contributed by atoms with E-state index in [1.165, 1.54) is 37.5 Å². The van der Waals surface area contributed by atoms with Gasteiger partial charge in [0.25, 0.3) is 0 Å². The van der Waals surface area contributed by atoms with Crippen LogP contribution in [0.3, 0.4) is 0 Å². The van der Waals surface area contributed by atoms with E-state index in [2.05, 4.69) is 16.0 Å². The number of ether oxygens (including phenoxy) is 1. The first-order valence-electron chi connectivity index (χ1n) is 10.6. The molecule has 0 aromatic heterocycles. The van der Waals surface area contributed by atoms with Gasteiger partial charge in [-0.2, -0.15) is 0 Å². The Balaban J connectivity index is 1.46. The molecule has 0 radical (unpaired) electrons. The van der Waals surface area contributed by atoms with Gasteiger partial charge in [-0.25, -0.2) is 9.18 Å². The molecule has 1 aromatic rings. The van der Waals surface area contributed by atoms with Crippen LogP contribution in [-0.2, 0) is 9.53 Å². The van der Waals surface area contributed by atoms with Crippen LogP contribution in [0.1, 0.15) is 38.5 Å². The molecule has 0 spiro atoms. The van der Waals surface area contributed by atoms with Crippen molar-refractivity contribution in [1.82, 2.24) is 10.6 Å². The largest absolute Gasteiger partial charge is 0.394 e. The molecule has 1 aliphatic carbocycles. The molecule has 8 heteroatoms. The molecule has 164 valence electrons. The first-order chi connectivity index (χ1) is 14.5. The van der Waals surface area contributed by atoms with E-state index in [-0.39, 0.29) is 18.9 Å². The van der Waals surface area contributed by atoms with E-state index in [1.54, 1.807) is 18.2 Å². The summed E-state index contributed by atoms with van der Waals surface area (Å²) in [6.07, 6.45) is 8.54. The fourth-order valence-electron chi connectivity index (χ4n) is 3.93. The molecule has 1 saturated carbocycles. The van der Waals surface area contributed by atoms with E-state index in [9.17, 15) is 19.1 Å². The van der Waals surface area contributed by atoms with Gasteiger partial charge >= 0.3 is 6.03 Å². The maximum atomic E-state index is 13.2. The third-order valence-corrected chi connectivity index (χ3v) is 5.54. The fourth-order valence-corrected chi connectivity index (χ4v) is 3.93. The Labute approximate surface area is 176 Å². The Morgan fingerprint density at radius 2 is 1.97 bits per heavy atom. The third kappa shape index (κ3) is 6.81. The van der Waals surface area contributed by atoms with Crippen LogP contribution in [0.15, 0.2) is 36.4 Å². The van der Waals surface area contributed by atoms with Crippen LogP contribution in [0, 0.1) is 11.7 Å². The maximum Gasteiger partial charge on any atom is 0.319 e. The van der Waals surface area contributed by atoms with Gasteiger partial charge in [0.15, 0.2) is 0 Å². The highest BCUT2D eigenvalue weighted by atomic mass is 19.1. The SMILES string of the molecule is O=C(C[C@H]1C=C[C@H](NC(=O)Nc2cccc(F)c2)[C@H](CO)O1)NCC1CCCCC1. The zero-order chi connectivity index (χ0) is 21.3. The van der Waals surface area contributed by atoms with Crippen LogP contribution in [0.25, 0.3) is 0 Å². The number of aliphatic hydroxyl groups is 1. The van der Waals surface area contributed by atoms with Crippen molar-refractivity contribution in [2.75, 3.05) is 18.5 Å². The predicted molar refractivity (Wildman–Crippen MR) is 111 cm³/mol. The Hall–Kier alpha value is -2.45. The number of hydrogen-bond donors (Lipinski definition) is 4. The summed E-state index contributed by atoms with van der Waals surface area (Å²) < 4.78 is 19.0. The molecule has 30 heavy (non-hydrogen) atoms. The first-order valence-corrected chi connectivity index (χ1v) is 10.6. The van der Waals surface area contributed by atoms with Crippen LogP contribution in [0.5, 0.6) is 0 Å². The molecule has 1 aromatic carbocycles. The number of hydrogen-bond acceptors (Lipinski definition) is 4. The van der Waals surface area contributed by atoms with Crippen molar-refractivity contribution in [3.8, 4) is 0 Å². The molecule has 4 N–H and O–H groups in total. The lowest BCUT2D eigenvalue weighted by Gasteiger charge is -2.31.